The number of aryl methyl sites for hydroxylation is 1. The lowest BCUT2D eigenvalue weighted by molar-refractivity contribution is -0.123. The minimum Gasteiger partial charge on any atom is -0.451 e. The SMILES string of the molecule is Cc1ccc(C(=O)NCC(F)(F)F)cc1NC(=O)c1cc2cc(Cl)ccc2o1. The number of nitrogens with one attached hydrogen (secondary N) is 2. The quantitative estimate of drug-likeness (QED) is 0.640. The molecule has 0 saturated heterocycles. The monoisotopic (exact) mass is 410 g/mol. The molecule has 5 nitrogen and oxygen atoms in total. The van der Waals surface area contributed by atoms with Crippen LogP contribution in [-0.4, -0.2) is 24.5 Å². The van der Waals surface area contributed by atoms with Crippen molar-refractivity contribution in [2.75, 3.05) is 11.9 Å². The molecular weight excluding hydrogens is 397 g/mol. The maximum Gasteiger partial charge on any atom is 0.405 e. The van der Waals surface area contributed by atoms with Gasteiger partial charge in [-0.1, -0.05) is 17.7 Å². The Morgan fingerprint density at radius 1 is 1.07 bits per heavy atom. The van der Waals surface area contributed by atoms with E-state index in [9.17, 15) is 22.8 Å². The lowest BCUT2D eigenvalue weighted by Crippen LogP contribution is -2.33. The lowest BCUT2D eigenvalue weighted by Gasteiger charge is -2.11. The molecule has 28 heavy (non-hydrogen) atoms. The molecule has 146 valence electrons. The molecule has 0 fully saturated rings. The molecule has 2 N–H and O–H groups in total. The topological polar surface area (TPSA) is 71.3 Å². The summed E-state index contributed by atoms with van der Waals surface area (Å²) in [6.07, 6.45) is -4.51. The third-order valence-corrected chi connectivity index (χ3v) is 4.13. The number of carbonyl (C=O) groups is 2. The molecule has 3 aromatic rings. The lowest BCUT2D eigenvalue weighted by atomic mass is 10.1. The van der Waals surface area contributed by atoms with Crippen molar-refractivity contribution >= 4 is 40.1 Å². The van der Waals surface area contributed by atoms with Crippen LogP contribution in [0.2, 0.25) is 5.02 Å². The Morgan fingerprint density at radius 3 is 2.54 bits per heavy atom. The van der Waals surface area contributed by atoms with Crippen LogP contribution in [-0.2, 0) is 0 Å². The van der Waals surface area contributed by atoms with Crippen LogP contribution in [0.1, 0.15) is 26.5 Å². The van der Waals surface area contributed by atoms with Gasteiger partial charge in [-0.25, -0.2) is 0 Å². The highest BCUT2D eigenvalue weighted by atomic mass is 35.5. The highest BCUT2D eigenvalue weighted by molar-refractivity contribution is 6.31. The van der Waals surface area contributed by atoms with E-state index in [-0.39, 0.29) is 17.0 Å². The van der Waals surface area contributed by atoms with Gasteiger partial charge in [0.25, 0.3) is 11.8 Å². The summed E-state index contributed by atoms with van der Waals surface area (Å²) in [5.41, 5.74) is 1.37. The Hall–Kier alpha value is -3.00. The van der Waals surface area contributed by atoms with Crippen molar-refractivity contribution in [3.8, 4) is 0 Å². The van der Waals surface area contributed by atoms with Crippen LogP contribution in [0.3, 0.4) is 0 Å². The maximum atomic E-state index is 12.5. The Labute approximate surface area is 162 Å². The number of halogens is 4. The van der Waals surface area contributed by atoms with Gasteiger partial charge in [0.2, 0.25) is 0 Å². The minimum atomic E-state index is -4.51. The van der Waals surface area contributed by atoms with Crippen molar-refractivity contribution in [3.05, 3.63) is 64.4 Å². The second kappa shape index (κ2) is 7.55. The Bertz CT molecular complexity index is 1060. The maximum absolute atomic E-state index is 12.5. The molecule has 0 radical (unpaired) electrons. The van der Waals surface area contributed by atoms with Gasteiger partial charge in [-0.2, -0.15) is 13.2 Å². The number of benzene rings is 2. The molecule has 3 rings (SSSR count). The average Bonchev–Trinajstić information content (AvgIpc) is 3.04. The fraction of sp³-hybridized carbons (Fsp3) is 0.158. The molecule has 0 aliphatic rings. The van der Waals surface area contributed by atoms with Crippen LogP contribution in [0.5, 0.6) is 0 Å². The number of hydrogen-bond acceptors (Lipinski definition) is 3. The molecule has 2 aromatic carbocycles. The van der Waals surface area contributed by atoms with Gasteiger partial charge in [-0.3, -0.25) is 9.59 Å². The molecule has 0 saturated carbocycles. The summed E-state index contributed by atoms with van der Waals surface area (Å²) in [7, 11) is 0. The van der Waals surface area contributed by atoms with Crippen molar-refractivity contribution in [1.82, 2.24) is 5.32 Å². The van der Waals surface area contributed by atoms with Crippen LogP contribution < -0.4 is 10.6 Å². The Morgan fingerprint density at radius 2 is 1.82 bits per heavy atom. The first-order valence-corrected chi connectivity index (χ1v) is 8.46. The smallest absolute Gasteiger partial charge is 0.405 e. The Kier molecular flexibility index (Phi) is 5.33. The molecule has 0 aliphatic heterocycles. The second-order valence-electron chi connectivity index (χ2n) is 6.07. The van der Waals surface area contributed by atoms with Crippen molar-refractivity contribution in [1.29, 1.82) is 0 Å². The van der Waals surface area contributed by atoms with Crippen LogP contribution in [0.15, 0.2) is 46.9 Å². The third kappa shape index (κ3) is 4.64. The van der Waals surface area contributed by atoms with E-state index in [1.807, 2.05) is 0 Å². The van der Waals surface area contributed by atoms with Crippen LogP contribution >= 0.6 is 11.6 Å². The highest BCUT2D eigenvalue weighted by Crippen LogP contribution is 2.24. The van der Waals surface area contributed by atoms with Gasteiger partial charge in [-0.15, -0.1) is 0 Å². The molecule has 0 spiro atoms. The summed E-state index contributed by atoms with van der Waals surface area (Å²) in [6, 6.07) is 10.6. The van der Waals surface area contributed by atoms with Gasteiger partial charge in [0.15, 0.2) is 5.76 Å². The number of anilines is 1. The van der Waals surface area contributed by atoms with Gasteiger partial charge in [-0.05, 0) is 48.9 Å². The van der Waals surface area contributed by atoms with E-state index >= 15 is 0 Å². The van der Waals surface area contributed by atoms with E-state index in [1.54, 1.807) is 30.4 Å². The van der Waals surface area contributed by atoms with Crippen molar-refractivity contribution in [3.63, 3.8) is 0 Å². The molecule has 0 aliphatic carbocycles. The minimum absolute atomic E-state index is 0.0125. The molecule has 0 atom stereocenters. The molecule has 2 amide bonds. The number of rotatable bonds is 4. The van der Waals surface area contributed by atoms with Gasteiger partial charge in [0.1, 0.15) is 12.1 Å². The zero-order valence-corrected chi connectivity index (χ0v) is 15.2. The van der Waals surface area contributed by atoms with Crippen LogP contribution in [0.25, 0.3) is 11.0 Å². The molecule has 0 unspecified atom stereocenters. The zero-order valence-electron chi connectivity index (χ0n) is 14.5. The van der Waals surface area contributed by atoms with Crippen molar-refractivity contribution in [2.24, 2.45) is 0 Å². The van der Waals surface area contributed by atoms with Crippen LogP contribution in [0, 0.1) is 6.92 Å². The largest absolute Gasteiger partial charge is 0.451 e. The number of hydrogen-bond donors (Lipinski definition) is 2. The van der Waals surface area contributed by atoms with E-state index in [1.165, 1.54) is 24.3 Å². The standard InChI is InChI=1S/C19H14ClF3N2O3/c1-10-2-3-11(17(26)24-9-19(21,22)23)7-14(10)25-18(27)16-8-12-6-13(20)4-5-15(12)28-16/h2-8H,9H2,1H3,(H,24,26)(H,25,27). The Balaban J connectivity index is 1.78. The summed E-state index contributed by atoms with van der Waals surface area (Å²) < 4.78 is 42.2. The number of fused-ring (bicyclic) bond motifs is 1. The number of amides is 2. The third-order valence-electron chi connectivity index (χ3n) is 3.90. The second-order valence-corrected chi connectivity index (χ2v) is 6.51. The molecule has 0 bridgehead atoms. The van der Waals surface area contributed by atoms with E-state index < -0.39 is 24.5 Å². The van der Waals surface area contributed by atoms with Crippen LogP contribution in [0.4, 0.5) is 18.9 Å². The van der Waals surface area contributed by atoms with E-state index in [0.717, 1.165) is 0 Å². The molecule has 1 heterocycles. The van der Waals surface area contributed by atoms with E-state index in [0.29, 0.717) is 21.6 Å². The predicted octanol–water partition coefficient (Wildman–Crippen LogP) is 4.94. The molecular formula is C19H14ClF3N2O3. The first-order valence-electron chi connectivity index (χ1n) is 8.08. The highest BCUT2D eigenvalue weighted by Gasteiger charge is 2.28. The van der Waals surface area contributed by atoms with Gasteiger partial charge in [0, 0.05) is 21.7 Å². The van der Waals surface area contributed by atoms with Gasteiger partial charge in [0.05, 0.1) is 0 Å². The predicted molar refractivity (Wildman–Crippen MR) is 98.7 cm³/mol. The number of alkyl halides is 3. The average molecular weight is 411 g/mol. The molecule has 1 aromatic heterocycles. The summed E-state index contributed by atoms with van der Waals surface area (Å²) in [5, 5.41) is 5.53. The van der Waals surface area contributed by atoms with Crippen molar-refractivity contribution in [2.45, 2.75) is 13.1 Å². The summed E-state index contributed by atoms with van der Waals surface area (Å²) >= 11 is 5.91. The van der Waals surface area contributed by atoms with Crippen molar-refractivity contribution < 1.29 is 27.2 Å². The normalized spacial score (nSPS) is 11.5. The number of furan rings is 1. The summed E-state index contributed by atoms with van der Waals surface area (Å²) in [4.78, 5) is 24.4. The van der Waals surface area contributed by atoms with E-state index in [4.69, 9.17) is 16.0 Å². The fourth-order valence-electron chi connectivity index (χ4n) is 2.49. The van der Waals surface area contributed by atoms with Gasteiger partial charge < -0.3 is 15.1 Å². The molecule has 9 heteroatoms. The first kappa shape index (κ1) is 19.8. The fourth-order valence-corrected chi connectivity index (χ4v) is 2.67. The first-order chi connectivity index (χ1) is 13.1. The van der Waals surface area contributed by atoms with Gasteiger partial charge >= 0.3 is 6.18 Å². The number of carbonyl (C=O) groups excluding carboxylic acids is 2. The summed E-state index contributed by atoms with van der Waals surface area (Å²) in [5.74, 6) is -1.43. The summed E-state index contributed by atoms with van der Waals surface area (Å²) in [6.45, 7) is 0.244. The van der Waals surface area contributed by atoms with E-state index in [2.05, 4.69) is 5.32 Å². The zero-order chi connectivity index (χ0) is 20.5.